The zero-order valence-electron chi connectivity index (χ0n) is 14.6. The van der Waals surface area contributed by atoms with Crippen molar-refractivity contribution in [3.63, 3.8) is 0 Å². The van der Waals surface area contributed by atoms with Crippen molar-refractivity contribution in [1.29, 1.82) is 0 Å². The van der Waals surface area contributed by atoms with Crippen LogP contribution in [-0.4, -0.2) is 32.4 Å². The lowest BCUT2D eigenvalue weighted by Crippen LogP contribution is -2.30. The van der Waals surface area contributed by atoms with Crippen molar-refractivity contribution < 1.29 is 47.7 Å². The summed E-state index contributed by atoms with van der Waals surface area (Å²) in [6.07, 6.45) is 7.35. The monoisotopic (exact) mass is 467 g/mol. The lowest BCUT2D eigenvalue weighted by atomic mass is 10.1. The molecule has 7 nitrogen and oxygen atoms in total. The number of hydrogen-bond donors (Lipinski definition) is 0. The molecule has 1 heterocycles. The molecule has 0 fully saturated rings. The smallest absolute Gasteiger partial charge is 0.421 e. The van der Waals surface area contributed by atoms with Crippen molar-refractivity contribution in [3.8, 4) is 0 Å². The first-order chi connectivity index (χ1) is 13.1. The second-order valence-corrected chi connectivity index (χ2v) is 8.89. The molecule has 1 aromatic heterocycles. The number of aromatic nitrogens is 2. The zero-order valence-corrected chi connectivity index (χ0v) is 16.2. The Kier molecular flexibility index (Phi) is 7.84. The molecule has 164 valence electrons. The number of rotatable bonds is 5. The standard InChI is InChI=1S/C12H15N2.C2F6NO4S2/c1-13-9-10-14(11-13)8-7-12-5-3-2-4-6-12;3-1(4,5)14(10,11)9-15(12,13)2(6,7)8/h2-6,9-11H,7-8H2,1H3;/q+1;-1. The molecule has 0 N–H and O–H groups in total. The van der Waals surface area contributed by atoms with Crippen molar-refractivity contribution in [2.24, 2.45) is 7.05 Å². The van der Waals surface area contributed by atoms with Gasteiger partial charge in [0, 0.05) is 6.42 Å². The van der Waals surface area contributed by atoms with Crippen LogP contribution in [0.3, 0.4) is 0 Å². The summed E-state index contributed by atoms with van der Waals surface area (Å²) in [5.74, 6) is 0. The van der Waals surface area contributed by atoms with Gasteiger partial charge >= 0.3 is 11.0 Å². The van der Waals surface area contributed by atoms with Gasteiger partial charge in [0.15, 0.2) is 20.0 Å². The Bertz CT molecular complexity index is 958. The predicted molar refractivity (Wildman–Crippen MR) is 89.1 cm³/mol. The lowest BCUT2D eigenvalue weighted by molar-refractivity contribution is -0.671. The molecule has 0 saturated carbocycles. The van der Waals surface area contributed by atoms with Crippen molar-refractivity contribution in [2.45, 2.75) is 24.0 Å². The van der Waals surface area contributed by atoms with E-state index in [-0.39, 0.29) is 0 Å². The Morgan fingerprint density at radius 2 is 1.41 bits per heavy atom. The van der Waals surface area contributed by atoms with Crippen molar-refractivity contribution >= 4 is 20.0 Å². The van der Waals surface area contributed by atoms with Crippen LogP contribution in [0.2, 0.25) is 0 Å². The van der Waals surface area contributed by atoms with Crippen LogP contribution in [0.5, 0.6) is 0 Å². The maximum Gasteiger partial charge on any atom is 0.480 e. The highest BCUT2D eigenvalue weighted by Crippen LogP contribution is 2.36. The van der Waals surface area contributed by atoms with Gasteiger partial charge in [-0.05, 0) is 5.56 Å². The molecule has 0 saturated heterocycles. The number of halogens is 6. The van der Waals surface area contributed by atoms with Crippen LogP contribution in [0.15, 0.2) is 49.1 Å². The van der Waals surface area contributed by atoms with Crippen molar-refractivity contribution in [3.05, 3.63) is 58.7 Å². The van der Waals surface area contributed by atoms with Crippen LogP contribution in [0.25, 0.3) is 4.13 Å². The molecule has 2 aromatic rings. The van der Waals surface area contributed by atoms with Gasteiger partial charge in [-0.1, -0.05) is 30.3 Å². The quantitative estimate of drug-likeness (QED) is 0.499. The fourth-order valence-electron chi connectivity index (χ4n) is 1.75. The van der Waals surface area contributed by atoms with E-state index in [1.54, 1.807) is 0 Å². The first-order valence-electron chi connectivity index (χ1n) is 7.47. The minimum Gasteiger partial charge on any atom is -0.421 e. The average molecular weight is 467 g/mol. The number of alkyl halides is 6. The molecule has 0 bridgehead atoms. The topological polar surface area (TPSA) is 91.2 Å². The summed E-state index contributed by atoms with van der Waals surface area (Å²) >= 11 is 0. The average Bonchev–Trinajstić information content (AvgIpc) is 2.97. The molecule has 1 aromatic carbocycles. The number of imidazole rings is 1. The maximum atomic E-state index is 11.4. The second-order valence-electron chi connectivity index (χ2n) is 5.47. The number of sulfonamides is 2. The summed E-state index contributed by atoms with van der Waals surface area (Å²) in [6, 6.07) is 10.6. The summed E-state index contributed by atoms with van der Waals surface area (Å²) < 4.78 is 113. The highest BCUT2D eigenvalue weighted by atomic mass is 32.3. The van der Waals surface area contributed by atoms with Crippen LogP contribution in [0.1, 0.15) is 5.56 Å². The summed E-state index contributed by atoms with van der Waals surface area (Å²) in [7, 11) is -11.4. The minimum absolute atomic E-state index is 0.778. The molecule has 0 atom stereocenters. The molecule has 0 aliphatic carbocycles. The van der Waals surface area contributed by atoms with E-state index in [4.69, 9.17) is 0 Å². The van der Waals surface area contributed by atoms with E-state index in [1.807, 2.05) is 7.05 Å². The third-order valence-electron chi connectivity index (χ3n) is 3.11. The fraction of sp³-hybridized carbons (Fsp3) is 0.357. The van der Waals surface area contributed by atoms with Crippen LogP contribution in [0.4, 0.5) is 26.3 Å². The minimum atomic E-state index is -6.72. The summed E-state index contributed by atoms with van der Waals surface area (Å²) in [4.78, 5) is 0. The lowest BCUT2D eigenvalue weighted by Gasteiger charge is -2.22. The Morgan fingerprint density at radius 1 is 0.931 bits per heavy atom. The summed E-state index contributed by atoms with van der Waals surface area (Å²) in [5.41, 5.74) is -11.0. The van der Waals surface area contributed by atoms with Gasteiger partial charge in [0.2, 0.25) is 6.33 Å². The van der Waals surface area contributed by atoms with E-state index in [1.165, 1.54) is 5.56 Å². The summed E-state index contributed by atoms with van der Waals surface area (Å²) in [5, 5.41) is 0. The number of benzene rings is 1. The molecule has 0 radical (unpaired) electrons. The van der Waals surface area contributed by atoms with E-state index in [0.717, 1.165) is 17.1 Å². The Labute approximate surface area is 162 Å². The van der Waals surface area contributed by atoms with Crippen molar-refractivity contribution in [1.82, 2.24) is 4.57 Å². The van der Waals surface area contributed by atoms with Gasteiger partial charge in [-0.15, -0.1) is 0 Å². The molecular formula is C14H15F6N3O4S2. The van der Waals surface area contributed by atoms with E-state index < -0.39 is 31.1 Å². The molecule has 0 aliphatic heterocycles. The molecule has 0 unspecified atom stereocenters. The normalized spacial score (nSPS) is 12.9. The number of hydrogen-bond acceptors (Lipinski definition) is 4. The fourth-order valence-corrected chi connectivity index (χ4v) is 3.46. The molecular weight excluding hydrogens is 452 g/mol. The van der Waals surface area contributed by atoms with Gasteiger partial charge in [0.05, 0.1) is 13.6 Å². The van der Waals surface area contributed by atoms with E-state index >= 15 is 0 Å². The molecule has 15 heteroatoms. The predicted octanol–water partition coefficient (Wildman–Crippen LogP) is 2.61. The molecule has 29 heavy (non-hydrogen) atoms. The van der Waals surface area contributed by atoms with E-state index in [2.05, 4.69) is 58.2 Å². The third kappa shape index (κ3) is 7.66. The number of aryl methyl sites for hydroxylation is 3. The molecule has 0 spiro atoms. The van der Waals surface area contributed by atoms with Gasteiger partial charge < -0.3 is 4.13 Å². The second kappa shape index (κ2) is 9.13. The van der Waals surface area contributed by atoms with E-state index in [0.29, 0.717) is 0 Å². The van der Waals surface area contributed by atoms with E-state index in [9.17, 15) is 43.2 Å². The molecule has 0 aliphatic rings. The largest absolute Gasteiger partial charge is 0.480 e. The molecule has 2 rings (SSSR count). The highest BCUT2D eigenvalue weighted by molar-refractivity contribution is 8.13. The van der Waals surface area contributed by atoms with Gasteiger partial charge in [0.1, 0.15) is 12.4 Å². The Morgan fingerprint density at radius 3 is 1.79 bits per heavy atom. The van der Waals surface area contributed by atoms with Gasteiger partial charge in [-0.2, -0.15) is 26.3 Å². The maximum absolute atomic E-state index is 11.4. The summed E-state index contributed by atoms with van der Waals surface area (Å²) in [6.45, 7) is 1.05. The third-order valence-corrected chi connectivity index (χ3v) is 5.85. The Hall–Kier alpha value is -2.13. The first-order valence-corrected chi connectivity index (χ1v) is 10.3. The molecule has 0 amide bonds. The van der Waals surface area contributed by atoms with Gasteiger partial charge in [-0.3, -0.25) is 0 Å². The van der Waals surface area contributed by atoms with Crippen molar-refractivity contribution in [2.75, 3.05) is 0 Å². The zero-order chi connectivity index (χ0) is 22.5. The van der Waals surface area contributed by atoms with Gasteiger partial charge in [0.25, 0.3) is 0 Å². The van der Waals surface area contributed by atoms with Crippen LogP contribution >= 0.6 is 0 Å². The van der Waals surface area contributed by atoms with Gasteiger partial charge in [-0.25, -0.2) is 26.0 Å². The van der Waals surface area contributed by atoms with Crippen LogP contribution < -0.4 is 4.57 Å². The highest BCUT2D eigenvalue weighted by Gasteiger charge is 2.46. The Balaban J connectivity index is 0.000000290. The number of nitrogens with zero attached hydrogens (tertiary/aromatic N) is 3. The van der Waals surface area contributed by atoms with Crippen LogP contribution in [-0.2, 0) is 40.1 Å². The first kappa shape index (κ1) is 24.9. The SMILES string of the molecule is C[n+]1ccn(CCc2ccccc2)c1.O=S(=O)([N-]S(=O)(=O)C(F)(F)F)C(F)(F)F. The van der Waals surface area contributed by atoms with Crippen LogP contribution in [0, 0.1) is 0 Å².